The summed E-state index contributed by atoms with van der Waals surface area (Å²) in [5, 5.41) is 0. The van der Waals surface area contributed by atoms with Crippen molar-refractivity contribution in [1.82, 2.24) is 0 Å². The van der Waals surface area contributed by atoms with E-state index in [-0.39, 0.29) is 29.0 Å². The van der Waals surface area contributed by atoms with E-state index in [0.29, 0.717) is 6.42 Å². The van der Waals surface area contributed by atoms with Gasteiger partial charge in [0.15, 0.2) is 5.78 Å². The van der Waals surface area contributed by atoms with E-state index in [0.717, 1.165) is 0 Å². The average molecular weight is 238 g/mol. The lowest BCUT2D eigenvalue weighted by molar-refractivity contribution is -0.139. The number of hydrogen-bond donors (Lipinski definition) is 0. The lowest BCUT2D eigenvalue weighted by Gasteiger charge is -2.31. The molecule has 1 unspecified atom stereocenters. The molecule has 0 fully saturated rings. The minimum atomic E-state index is -0.615. The largest absolute Gasteiger partial charge is 0.465 e. The Morgan fingerprint density at radius 2 is 2.06 bits per heavy atom. The zero-order chi connectivity index (χ0) is 13.2. The summed E-state index contributed by atoms with van der Waals surface area (Å²) in [4.78, 5) is 34.7. The molecule has 17 heavy (non-hydrogen) atoms. The predicted molar refractivity (Wildman–Crippen MR) is 62.3 cm³/mol. The summed E-state index contributed by atoms with van der Waals surface area (Å²) in [6, 6.07) is 0. The number of Topliss-reactive ketones (excluding diaryl/α,β-unsaturated/α-hetero) is 2. The highest BCUT2D eigenvalue weighted by molar-refractivity contribution is 6.19. The lowest BCUT2D eigenvalue weighted by Crippen LogP contribution is -2.33. The molecule has 4 heteroatoms. The van der Waals surface area contributed by atoms with Gasteiger partial charge in [-0.15, -0.1) is 0 Å². The minimum Gasteiger partial charge on any atom is -0.465 e. The van der Waals surface area contributed by atoms with Crippen molar-refractivity contribution in [2.45, 2.75) is 33.6 Å². The molecule has 0 aromatic carbocycles. The molecule has 0 amide bonds. The predicted octanol–water partition coefficient (Wildman–Crippen LogP) is 1.68. The highest BCUT2D eigenvalue weighted by Crippen LogP contribution is 2.36. The summed E-state index contributed by atoms with van der Waals surface area (Å²) in [7, 11) is 1.25. The van der Waals surface area contributed by atoms with Crippen LogP contribution in [0.15, 0.2) is 11.6 Å². The van der Waals surface area contributed by atoms with E-state index in [1.54, 1.807) is 6.08 Å². The zero-order valence-corrected chi connectivity index (χ0v) is 10.7. The van der Waals surface area contributed by atoms with Crippen molar-refractivity contribution in [3.63, 3.8) is 0 Å². The number of ketones is 2. The highest BCUT2D eigenvalue weighted by atomic mass is 16.5. The molecule has 0 aliphatic heterocycles. The zero-order valence-electron chi connectivity index (χ0n) is 10.7. The third kappa shape index (κ3) is 3.25. The molecule has 0 N–H and O–H groups in total. The van der Waals surface area contributed by atoms with Crippen LogP contribution in [0.4, 0.5) is 0 Å². The molecule has 0 heterocycles. The first-order valence-electron chi connectivity index (χ1n) is 5.61. The fraction of sp³-hybridized carbons (Fsp3) is 0.615. The van der Waals surface area contributed by atoms with Gasteiger partial charge in [-0.2, -0.15) is 0 Å². The normalized spacial score (nSPS) is 22.9. The Hall–Kier alpha value is -1.45. The second-order valence-corrected chi connectivity index (χ2v) is 5.21. The molecule has 1 aliphatic carbocycles. The monoisotopic (exact) mass is 238 g/mol. The number of methoxy groups -OCH3 is 1. The standard InChI is InChI=1S/C13H18O4/c1-8(14)5-9-6-13(2,3)7-10(11(9)15)12(16)17-4/h7,9H,5-6H2,1-4H3. The first-order valence-corrected chi connectivity index (χ1v) is 5.61. The number of carbonyl (C=O) groups is 3. The van der Waals surface area contributed by atoms with Crippen LogP contribution in [0.1, 0.15) is 33.6 Å². The molecule has 0 saturated heterocycles. The molecule has 0 aromatic rings. The van der Waals surface area contributed by atoms with Crippen LogP contribution in [0.5, 0.6) is 0 Å². The van der Waals surface area contributed by atoms with Gasteiger partial charge in [-0.1, -0.05) is 19.9 Å². The first kappa shape index (κ1) is 13.6. The van der Waals surface area contributed by atoms with Crippen molar-refractivity contribution in [3.05, 3.63) is 11.6 Å². The summed E-state index contributed by atoms with van der Waals surface area (Å²) in [5.74, 6) is -1.32. The van der Waals surface area contributed by atoms with Gasteiger partial charge in [0, 0.05) is 12.3 Å². The van der Waals surface area contributed by atoms with Gasteiger partial charge < -0.3 is 9.53 Å². The third-order valence-electron chi connectivity index (χ3n) is 2.88. The van der Waals surface area contributed by atoms with Gasteiger partial charge in [-0.3, -0.25) is 4.79 Å². The fourth-order valence-electron chi connectivity index (χ4n) is 2.25. The number of hydrogen-bond acceptors (Lipinski definition) is 4. The van der Waals surface area contributed by atoms with Crippen LogP contribution in [0.2, 0.25) is 0 Å². The van der Waals surface area contributed by atoms with Gasteiger partial charge in [0.1, 0.15) is 5.78 Å². The number of allylic oxidation sites excluding steroid dienone is 1. The molecule has 0 saturated carbocycles. The smallest absolute Gasteiger partial charge is 0.341 e. The quantitative estimate of drug-likeness (QED) is 0.554. The lowest BCUT2D eigenvalue weighted by atomic mass is 9.72. The Bertz CT molecular complexity index is 390. The van der Waals surface area contributed by atoms with Gasteiger partial charge in [0.05, 0.1) is 12.7 Å². The van der Waals surface area contributed by atoms with Crippen molar-refractivity contribution < 1.29 is 19.1 Å². The summed E-state index contributed by atoms with van der Waals surface area (Å²) < 4.78 is 4.59. The van der Waals surface area contributed by atoms with E-state index in [9.17, 15) is 14.4 Å². The van der Waals surface area contributed by atoms with Gasteiger partial charge >= 0.3 is 5.97 Å². The van der Waals surface area contributed by atoms with Gasteiger partial charge in [-0.05, 0) is 18.8 Å². The molecule has 94 valence electrons. The van der Waals surface area contributed by atoms with E-state index < -0.39 is 11.9 Å². The molecular formula is C13H18O4. The first-order chi connectivity index (χ1) is 7.76. The van der Waals surface area contributed by atoms with Crippen LogP contribution in [0, 0.1) is 11.3 Å². The summed E-state index contributed by atoms with van der Waals surface area (Å²) in [6.45, 7) is 5.33. The number of esters is 1. The van der Waals surface area contributed by atoms with Gasteiger partial charge in [0.25, 0.3) is 0 Å². The van der Waals surface area contributed by atoms with Crippen LogP contribution in [-0.2, 0) is 19.1 Å². The summed E-state index contributed by atoms with van der Waals surface area (Å²) in [6.07, 6.45) is 2.43. The average Bonchev–Trinajstić information content (AvgIpc) is 2.20. The fourth-order valence-corrected chi connectivity index (χ4v) is 2.25. The molecular weight excluding hydrogens is 220 g/mol. The molecule has 0 spiro atoms. The van der Waals surface area contributed by atoms with Crippen LogP contribution >= 0.6 is 0 Å². The van der Waals surface area contributed by atoms with E-state index in [1.807, 2.05) is 13.8 Å². The Labute approximate surface area is 101 Å². The van der Waals surface area contributed by atoms with Crippen molar-refractivity contribution in [3.8, 4) is 0 Å². The molecule has 0 bridgehead atoms. The van der Waals surface area contributed by atoms with Gasteiger partial charge in [0.2, 0.25) is 0 Å². The SMILES string of the molecule is COC(=O)C1=CC(C)(C)CC(CC(C)=O)C1=O. The maximum Gasteiger partial charge on any atom is 0.341 e. The second-order valence-electron chi connectivity index (χ2n) is 5.21. The maximum absolute atomic E-state index is 12.0. The van der Waals surface area contributed by atoms with E-state index >= 15 is 0 Å². The van der Waals surface area contributed by atoms with Crippen LogP contribution < -0.4 is 0 Å². The van der Waals surface area contributed by atoms with Crippen LogP contribution in [0.25, 0.3) is 0 Å². The highest BCUT2D eigenvalue weighted by Gasteiger charge is 2.37. The minimum absolute atomic E-state index is 0.0368. The van der Waals surface area contributed by atoms with Crippen molar-refractivity contribution in [1.29, 1.82) is 0 Å². The van der Waals surface area contributed by atoms with Crippen molar-refractivity contribution in [2.24, 2.45) is 11.3 Å². The molecule has 4 nitrogen and oxygen atoms in total. The third-order valence-corrected chi connectivity index (χ3v) is 2.88. The number of ether oxygens (including phenoxy) is 1. The summed E-state index contributed by atoms with van der Waals surface area (Å²) >= 11 is 0. The van der Waals surface area contributed by atoms with Crippen LogP contribution in [0.3, 0.4) is 0 Å². The Morgan fingerprint density at radius 3 is 2.53 bits per heavy atom. The van der Waals surface area contributed by atoms with Crippen molar-refractivity contribution >= 4 is 17.5 Å². The molecule has 0 radical (unpaired) electrons. The van der Waals surface area contributed by atoms with Crippen LogP contribution in [-0.4, -0.2) is 24.6 Å². The van der Waals surface area contributed by atoms with Crippen molar-refractivity contribution in [2.75, 3.05) is 7.11 Å². The topological polar surface area (TPSA) is 60.4 Å². The van der Waals surface area contributed by atoms with E-state index in [4.69, 9.17) is 0 Å². The summed E-state index contributed by atoms with van der Waals surface area (Å²) in [5.41, 5.74) is -0.188. The Balaban J connectivity index is 3.04. The Kier molecular flexibility index (Phi) is 3.86. The molecule has 0 aromatic heterocycles. The molecule has 1 atom stereocenters. The molecule has 1 rings (SSSR count). The van der Waals surface area contributed by atoms with E-state index in [2.05, 4.69) is 4.74 Å². The Morgan fingerprint density at radius 1 is 1.47 bits per heavy atom. The number of rotatable bonds is 3. The van der Waals surface area contributed by atoms with Gasteiger partial charge in [-0.25, -0.2) is 4.79 Å². The second kappa shape index (κ2) is 4.82. The number of carbonyl (C=O) groups excluding carboxylic acids is 3. The molecule has 1 aliphatic rings. The maximum atomic E-state index is 12.0. The van der Waals surface area contributed by atoms with E-state index in [1.165, 1.54) is 14.0 Å².